The molecule has 0 heterocycles. The molecule has 0 aromatic rings. The Morgan fingerprint density at radius 2 is 2.00 bits per heavy atom. The second kappa shape index (κ2) is 4.37. The van der Waals surface area contributed by atoms with Gasteiger partial charge in [0.25, 0.3) is 0 Å². The Morgan fingerprint density at radius 1 is 1.45 bits per heavy atom. The lowest BCUT2D eigenvalue weighted by molar-refractivity contribution is -0.122. The van der Waals surface area contributed by atoms with E-state index in [4.69, 9.17) is 0 Å². The minimum atomic E-state index is 0.142. The lowest BCUT2D eigenvalue weighted by Crippen LogP contribution is -2.25. The summed E-state index contributed by atoms with van der Waals surface area (Å²) in [6, 6.07) is 0. The van der Waals surface area contributed by atoms with Crippen LogP contribution in [0.4, 0.5) is 0 Å². The Labute approximate surface area is 69.4 Å². The molecule has 0 atom stereocenters. The Kier molecular flexibility index (Phi) is 4.16. The molecule has 1 N–H and O–H groups in total. The van der Waals surface area contributed by atoms with Crippen LogP contribution in [0.25, 0.3) is 0 Å². The van der Waals surface area contributed by atoms with E-state index in [1.807, 2.05) is 0 Å². The first-order chi connectivity index (χ1) is 5.02. The monoisotopic (exact) mass is 157 g/mol. The Balaban J connectivity index is 3.80. The van der Waals surface area contributed by atoms with Crippen LogP contribution in [0.15, 0.2) is 0 Å². The van der Waals surface area contributed by atoms with E-state index >= 15 is 0 Å². The van der Waals surface area contributed by atoms with Gasteiger partial charge < -0.3 is 5.32 Å². The molecule has 2 heteroatoms. The van der Waals surface area contributed by atoms with E-state index in [1.165, 1.54) is 0 Å². The van der Waals surface area contributed by atoms with E-state index in [0.29, 0.717) is 6.42 Å². The van der Waals surface area contributed by atoms with E-state index in [2.05, 4.69) is 26.1 Å². The van der Waals surface area contributed by atoms with Crippen LogP contribution in [-0.2, 0) is 4.79 Å². The molecule has 1 amide bonds. The number of hydrogen-bond donors (Lipinski definition) is 1. The maximum Gasteiger partial charge on any atom is 0.220 e. The van der Waals surface area contributed by atoms with Gasteiger partial charge in [-0.05, 0) is 11.8 Å². The third kappa shape index (κ3) is 4.82. The fourth-order valence-electron chi connectivity index (χ4n) is 1.29. The highest BCUT2D eigenvalue weighted by atomic mass is 16.1. The summed E-state index contributed by atoms with van der Waals surface area (Å²) >= 11 is 0. The van der Waals surface area contributed by atoms with Crippen LogP contribution in [0.3, 0.4) is 0 Å². The summed E-state index contributed by atoms with van der Waals surface area (Å²) < 4.78 is 0. The van der Waals surface area contributed by atoms with Crippen LogP contribution in [0.5, 0.6) is 0 Å². The number of nitrogens with one attached hydrogen (secondary N) is 1. The number of hydrogen-bond acceptors (Lipinski definition) is 1. The molecule has 0 fully saturated rings. The van der Waals surface area contributed by atoms with Crippen molar-refractivity contribution in [2.45, 2.75) is 40.0 Å². The van der Waals surface area contributed by atoms with E-state index in [1.54, 1.807) is 7.05 Å². The van der Waals surface area contributed by atoms with Crippen LogP contribution in [0, 0.1) is 5.41 Å². The van der Waals surface area contributed by atoms with Gasteiger partial charge in [-0.15, -0.1) is 0 Å². The molecule has 0 aliphatic heterocycles. The van der Waals surface area contributed by atoms with Crippen molar-refractivity contribution in [3.8, 4) is 0 Å². The molecule has 0 bridgehead atoms. The normalized spacial score (nSPS) is 11.3. The topological polar surface area (TPSA) is 29.1 Å². The molecular weight excluding hydrogens is 138 g/mol. The van der Waals surface area contributed by atoms with Crippen LogP contribution in [0.1, 0.15) is 40.0 Å². The number of carbonyl (C=O) groups is 1. The van der Waals surface area contributed by atoms with Crippen molar-refractivity contribution >= 4 is 5.91 Å². The second-order valence-corrected chi connectivity index (χ2v) is 3.76. The number of carbonyl (C=O) groups excluding carboxylic acids is 1. The molecule has 0 spiro atoms. The third-order valence-corrected chi connectivity index (χ3v) is 1.84. The maximum atomic E-state index is 11.0. The molecule has 0 saturated carbocycles. The average Bonchev–Trinajstić information content (AvgIpc) is 1.86. The van der Waals surface area contributed by atoms with Crippen molar-refractivity contribution in [3.05, 3.63) is 0 Å². The van der Waals surface area contributed by atoms with Gasteiger partial charge in [0.05, 0.1) is 0 Å². The van der Waals surface area contributed by atoms with Crippen LogP contribution in [0.2, 0.25) is 0 Å². The Morgan fingerprint density at radius 3 is 2.36 bits per heavy atom. The highest BCUT2D eigenvalue weighted by Crippen LogP contribution is 2.25. The molecule has 0 aliphatic rings. The maximum absolute atomic E-state index is 11.0. The fraction of sp³-hybridized carbons (Fsp3) is 0.889. The molecule has 0 aromatic heterocycles. The quantitative estimate of drug-likeness (QED) is 0.664. The van der Waals surface area contributed by atoms with Crippen molar-refractivity contribution in [1.82, 2.24) is 5.32 Å². The van der Waals surface area contributed by atoms with Crippen LogP contribution < -0.4 is 5.32 Å². The smallest absolute Gasteiger partial charge is 0.220 e. The van der Waals surface area contributed by atoms with Gasteiger partial charge in [0.2, 0.25) is 5.91 Å². The zero-order valence-corrected chi connectivity index (χ0v) is 8.03. The zero-order valence-electron chi connectivity index (χ0n) is 8.03. The molecule has 0 rings (SSSR count). The van der Waals surface area contributed by atoms with Gasteiger partial charge in [-0.1, -0.05) is 27.2 Å². The zero-order chi connectivity index (χ0) is 8.91. The molecule has 0 radical (unpaired) electrons. The lowest BCUT2D eigenvalue weighted by atomic mass is 9.84. The van der Waals surface area contributed by atoms with Crippen molar-refractivity contribution in [2.75, 3.05) is 7.05 Å². The minimum absolute atomic E-state index is 0.142. The molecule has 0 aromatic carbocycles. The first-order valence-corrected chi connectivity index (χ1v) is 4.22. The summed E-state index contributed by atoms with van der Waals surface area (Å²) in [5.74, 6) is 0.142. The summed E-state index contributed by atoms with van der Waals surface area (Å²) in [4.78, 5) is 11.0. The largest absolute Gasteiger partial charge is 0.359 e. The van der Waals surface area contributed by atoms with Gasteiger partial charge in [0, 0.05) is 13.5 Å². The highest BCUT2D eigenvalue weighted by Gasteiger charge is 2.19. The van der Waals surface area contributed by atoms with Gasteiger partial charge >= 0.3 is 0 Å². The summed E-state index contributed by atoms with van der Waals surface area (Å²) in [6.07, 6.45) is 2.89. The van der Waals surface area contributed by atoms with Crippen molar-refractivity contribution in [2.24, 2.45) is 5.41 Å². The predicted octanol–water partition coefficient (Wildman–Crippen LogP) is 1.95. The van der Waals surface area contributed by atoms with Gasteiger partial charge in [-0.3, -0.25) is 4.79 Å². The van der Waals surface area contributed by atoms with E-state index in [-0.39, 0.29) is 11.3 Å². The molecule has 0 unspecified atom stereocenters. The Hall–Kier alpha value is -0.530. The first kappa shape index (κ1) is 10.5. The van der Waals surface area contributed by atoms with Crippen molar-refractivity contribution < 1.29 is 4.79 Å². The molecular formula is C9H19NO. The van der Waals surface area contributed by atoms with E-state index < -0.39 is 0 Å². The number of amides is 1. The first-order valence-electron chi connectivity index (χ1n) is 4.22. The minimum Gasteiger partial charge on any atom is -0.359 e. The summed E-state index contributed by atoms with van der Waals surface area (Å²) in [5, 5.41) is 2.64. The SMILES string of the molecule is CCCC(C)(C)CC(=O)NC. The predicted molar refractivity (Wildman–Crippen MR) is 47.4 cm³/mol. The standard InChI is InChI=1S/C9H19NO/c1-5-6-9(2,3)7-8(11)10-4/h5-7H2,1-4H3,(H,10,11). The van der Waals surface area contributed by atoms with Gasteiger partial charge in [0.15, 0.2) is 0 Å². The fourth-order valence-corrected chi connectivity index (χ4v) is 1.29. The summed E-state index contributed by atoms with van der Waals surface area (Å²) in [5.41, 5.74) is 0.162. The average molecular weight is 157 g/mol. The molecule has 11 heavy (non-hydrogen) atoms. The molecule has 0 saturated heterocycles. The Bertz CT molecular complexity index is 130. The number of rotatable bonds is 4. The molecule has 2 nitrogen and oxygen atoms in total. The summed E-state index contributed by atoms with van der Waals surface area (Å²) in [6.45, 7) is 6.41. The second-order valence-electron chi connectivity index (χ2n) is 3.76. The van der Waals surface area contributed by atoms with Gasteiger partial charge in [-0.2, -0.15) is 0 Å². The van der Waals surface area contributed by atoms with E-state index in [9.17, 15) is 4.79 Å². The van der Waals surface area contributed by atoms with Gasteiger partial charge in [-0.25, -0.2) is 0 Å². The highest BCUT2D eigenvalue weighted by molar-refractivity contribution is 5.76. The van der Waals surface area contributed by atoms with Crippen molar-refractivity contribution in [1.29, 1.82) is 0 Å². The molecule has 0 aliphatic carbocycles. The van der Waals surface area contributed by atoms with Crippen molar-refractivity contribution in [3.63, 3.8) is 0 Å². The lowest BCUT2D eigenvalue weighted by Gasteiger charge is -2.22. The molecule has 66 valence electrons. The van der Waals surface area contributed by atoms with E-state index in [0.717, 1.165) is 12.8 Å². The summed E-state index contributed by atoms with van der Waals surface area (Å²) in [7, 11) is 1.68. The third-order valence-electron chi connectivity index (χ3n) is 1.84. The van der Waals surface area contributed by atoms with Crippen LogP contribution in [-0.4, -0.2) is 13.0 Å². The van der Waals surface area contributed by atoms with Crippen LogP contribution >= 0.6 is 0 Å². The van der Waals surface area contributed by atoms with Gasteiger partial charge in [0.1, 0.15) is 0 Å².